The summed E-state index contributed by atoms with van der Waals surface area (Å²) in [6.45, 7) is 7.93. The molecule has 0 radical (unpaired) electrons. The van der Waals surface area contributed by atoms with E-state index in [4.69, 9.17) is 4.74 Å². The van der Waals surface area contributed by atoms with Crippen molar-refractivity contribution in [3.8, 4) is 5.88 Å². The average molecular weight is 328 g/mol. The predicted molar refractivity (Wildman–Crippen MR) is 91.2 cm³/mol. The Labute approximate surface area is 142 Å². The molecule has 6 heteroatoms. The molecule has 1 amide bonds. The molecule has 1 aliphatic heterocycles. The lowest BCUT2D eigenvalue weighted by Crippen LogP contribution is -2.38. The number of likely N-dealkylation sites (tertiary alicyclic amines) is 1. The second-order valence-corrected chi connectivity index (χ2v) is 6.19. The highest BCUT2D eigenvalue weighted by Gasteiger charge is 2.31. The first kappa shape index (κ1) is 16.5. The zero-order chi connectivity index (χ0) is 17.1. The molecule has 3 rings (SSSR count). The Morgan fingerprint density at radius 2 is 2.25 bits per heavy atom. The van der Waals surface area contributed by atoms with Crippen LogP contribution >= 0.6 is 0 Å². The van der Waals surface area contributed by atoms with E-state index in [2.05, 4.69) is 23.1 Å². The molecule has 3 heterocycles. The number of carbonyl (C=O) groups excluding carboxylic acids is 1. The zero-order valence-corrected chi connectivity index (χ0v) is 14.5. The molecule has 6 nitrogen and oxygen atoms in total. The van der Waals surface area contributed by atoms with Crippen LogP contribution in [0.3, 0.4) is 0 Å². The van der Waals surface area contributed by atoms with E-state index in [0.717, 1.165) is 37.3 Å². The van der Waals surface area contributed by atoms with Gasteiger partial charge in [-0.25, -0.2) is 4.98 Å². The summed E-state index contributed by atoms with van der Waals surface area (Å²) in [7, 11) is 0. The van der Waals surface area contributed by atoms with Crippen molar-refractivity contribution in [3.63, 3.8) is 0 Å². The van der Waals surface area contributed by atoms with Gasteiger partial charge < -0.3 is 9.64 Å². The second kappa shape index (κ2) is 7.03. The number of hydrogen-bond donors (Lipinski definition) is 0. The number of pyridine rings is 1. The highest BCUT2D eigenvalue weighted by Crippen LogP contribution is 2.25. The van der Waals surface area contributed by atoms with E-state index in [-0.39, 0.29) is 11.9 Å². The molecule has 0 spiro atoms. The van der Waals surface area contributed by atoms with Crippen molar-refractivity contribution in [2.75, 3.05) is 13.2 Å². The highest BCUT2D eigenvalue weighted by molar-refractivity contribution is 5.96. The van der Waals surface area contributed by atoms with Gasteiger partial charge in [0.25, 0.3) is 5.91 Å². The van der Waals surface area contributed by atoms with Crippen molar-refractivity contribution in [2.45, 2.75) is 46.2 Å². The second-order valence-electron chi connectivity index (χ2n) is 6.19. The van der Waals surface area contributed by atoms with Crippen molar-refractivity contribution < 1.29 is 9.53 Å². The summed E-state index contributed by atoms with van der Waals surface area (Å²) in [6.07, 6.45) is 3.66. The van der Waals surface area contributed by atoms with Crippen molar-refractivity contribution in [2.24, 2.45) is 0 Å². The largest absolute Gasteiger partial charge is 0.477 e. The van der Waals surface area contributed by atoms with E-state index in [1.165, 1.54) is 0 Å². The van der Waals surface area contributed by atoms with E-state index in [1.807, 2.05) is 23.4 Å². The van der Waals surface area contributed by atoms with Crippen LogP contribution in [0.25, 0.3) is 0 Å². The standard InChI is InChI=1S/C18H24N4O2/c1-4-24-17-16(8-5-9-19-17)18(23)21-10-6-7-15(21)12-22-14(3)11-13(2)20-22/h5,8-9,11,15H,4,6-7,10,12H2,1-3H3/t15-/m1/s1. The Kier molecular flexibility index (Phi) is 4.83. The third kappa shape index (κ3) is 3.27. The molecule has 1 fully saturated rings. The van der Waals surface area contributed by atoms with Crippen LogP contribution in [0.1, 0.15) is 41.5 Å². The number of nitrogens with zero attached hydrogens (tertiary/aromatic N) is 4. The van der Waals surface area contributed by atoms with Crippen LogP contribution in [0.15, 0.2) is 24.4 Å². The van der Waals surface area contributed by atoms with Gasteiger partial charge in [-0.05, 0) is 51.8 Å². The summed E-state index contributed by atoms with van der Waals surface area (Å²) in [6, 6.07) is 5.79. The van der Waals surface area contributed by atoms with Gasteiger partial charge in [-0.15, -0.1) is 0 Å². The normalized spacial score (nSPS) is 17.3. The fourth-order valence-electron chi connectivity index (χ4n) is 3.31. The fraction of sp³-hybridized carbons (Fsp3) is 0.500. The predicted octanol–water partition coefficient (Wildman–Crippen LogP) is 2.60. The maximum absolute atomic E-state index is 13.0. The van der Waals surface area contributed by atoms with Gasteiger partial charge in [0.05, 0.1) is 24.9 Å². The number of hydrogen-bond acceptors (Lipinski definition) is 4. The number of carbonyl (C=O) groups is 1. The minimum Gasteiger partial charge on any atom is -0.477 e. The van der Waals surface area contributed by atoms with E-state index < -0.39 is 0 Å². The van der Waals surface area contributed by atoms with E-state index in [1.54, 1.807) is 18.3 Å². The summed E-state index contributed by atoms with van der Waals surface area (Å²) in [5.41, 5.74) is 2.68. The topological polar surface area (TPSA) is 60.2 Å². The van der Waals surface area contributed by atoms with Gasteiger partial charge in [0, 0.05) is 18.4 Å². The van der Waals surface area contributed by atoms with Gasteiger partial charge in [0.15, 0.2) is 0 Å². The van der Waals surface area contributed by atoms with Gasteiger partial charge in [0.1, 0.15) is 5.56 Å². The molecule has 0 unspecified atom stereocenters. The highest BCUT2D eigenvalue weighted by atomic mass is 16.5. The molecular formula is C18H24N4O2. The smallest absolute Gasteiger partial charge is 0.259 e. The summed E-state index contributed by atoms with van der Waals surface area (Å²) in [5, 5.41) is 4.53. The molecule has 1 aliphatic rings. The van der Waals surface area contributed by atoms with E-state index >= 15 is 0 Å². The molecular weight excluding hydrogens is 304 g/mol. The Balaban J connectivity index is 1.80. The summed E-state index contributed by atoms with van der Waals surface area (Å²) < 4.78 is 7.52. The van der Waals surface area contributed by atoms with Gasteiger partial charge in [-0.3, -0.25) is 9.48 Å². The number of rotatable bonds is 5. The van der Waals surface area contributed by atoms with Crippen molar-refractivity contribution in [1.29, 1.82) is 0 Å². The first-order valence-electron chi connectivity index (χ1n) is 8.50. The third-order valence-corrected chi connectivity index (χ3v) is 4.41. The molecule has 0 bridgehead atoms. The minimum atomic E-state index is -0.00409. The molecule has 0 aromatic carbocycles. The van der Waals surface area contributed by atoms with E-state index in [0.29, 0.717) is 18.1 Å². The number of aryl methyl sites for hydroxylation is 2. The monoisotopic (exact) mass is 328 g/mol. The molecule has 0 saturated carbocycles. The molecule has 1 atom stereocenters. The lowest BCUT2D eigenvalue weighted by atomic mass is 10.2. The van der Waals surface area contributed by atoms with E-state index in [9.17, 15) is 4.79 Å². The van der Waals surface area contributed by atoms with Gasteiger partial charge in [0.2, 0.25) is 5.88 Å². The minimum absolute atomic E-state index is 0.00409. The Bertz CT molecular complexity index is 726. The van der Waals surface area contributed by atoms with Crippen LogP contribution in [-0.2, 0) is 6.54 Å². The Morgan fingerprint density at radius 1 is 1.42 bits per heavy atom. The Morgan fingerprint density at radius 3 is 2.96 bits per heavy atom. The SMILES string of the molecule is CCOc1ncccc1C(=O)N1CCC[C@@H]1Cn1nc(C)cc1C. The average Bonchev–Trinajstić information content (AvgIpc) is 3.14. The summed E-state index contributed by atoms with van der Waals surface area (Å²) in [4.78, 5) is 19.2. The van der Waals surface area contributed by atoms with Crippen LogP contribution in [0.4, 0.5) is 0 Å². The first-order chi connectivity index (χ1) is 11.6. The molecule has 24 heavy (non-hydrogen) atoms. The molecule has 0 aliphatic carbocycles. The summed E-state index contributed by atoms with van der Waals surface area (Å²) in [5.74, 6) is 0.414. The van der Waals surface area contributed by atoms with Crippen LogP contribution in [-0.4, -0.2) is 44.8 Å². The third-order valence-electron chi connectivity index (χ3n) is 4.41. The van der Waals surface area contributed by atoms with Crippen molar-refractivity contribution in [3.05, 3.63) is 41.3 Å². The maximum Gasteiger partial charge on any atom is 0.259 e. The number of ether oxygens (including phenoxy) is 1. The van der Waals surface area contributed by atoms with Crippen molar-refractivity contribution in [1.82, 2.24) is 19.7 Å². The number of amides is 1. The maximum atomic E-state index is 13.0. The van der Waals surface area contributed by atoms with Gasteiger partial charge in [-0.2, -0.15) is 5.10 Å². The van der Waals surface area contributed by atoms with Gasteiger partial charge >= 0.3 is 0 Å². The zero-order valence-electron chi connectivity index (χ0n) is 14.5. The van der Waals surface area contributed by atoms with Crippen LogP contribution < -0.4 is 4.74 Å². The Hall–Kier alpha value is -2.37. The molecule has 128 valence electrons. The molecule has 2 aromatic heterocycles. The lowest BCUT2D eigenvalue weighted by molar-refractivity contribution is 0.0716. The molecule has 0 N–H and O–H groups in total. The van der Waals surface area contributed by atoms with Crippen LogP contribution in [0.5, 0.6) is 5.88 Å². The fourth-order valence-corrected chi connectivity index (χ4v) is 3.31. The molecule has 1 saturated heterocycles. The van der Waals surface area contributed by atoms with Crippen LogP contribution in [0, 0.1) is 13.8 Å². The van der Waals surface area contributed by atoms with Crippen molar-refractivity contribution >= 4 is 5.91 Å². The first-order valence-corrected chi connectivity index (χ1v) is 8.50. The van der Waals surface area contributed by atoms with Crippen LogP contribution in [0.2, 0.25) is 0 Å². The lowest BCUT2D eigenvalue weighted by Gasteiger charge is -2.25. The van der Waals surface area contributed by atoms with Gasteiger partial charge in [-0.1, -0.05) is 0 Å². The molecule has 2 aromatic rings. The quantitative estimate of drug-likeness (QED) is 0.846. The number of aromatic nitrogens is 3. The summed E-state index contributed by atoms with van der Waals surface area (Å²) >= 11 is 0.